The van der Waals surface area contributed by atoms with E-state index in [9.17, 15) is 14.0 Å². The Morgan fingerprint density at radius 3 is 2.57 bits per heavy atom. The Kier molecular flexibility index (Phi) is 4.23. The van der Waals surface area contributed by atoms with Gasteiger partial charge in [0.05, 0.1) is 21.3 Å². The Hall–Kier alpha value is -2.41. The SMILES string of the molecule is Nc1ccc(C(=O)O)c(NC(=O)c2cccc(F)c2Br)c1. The molecule has 0 heterocycles. The molecule has 108 valence electrons. The van der Waals surface area contributed by atoms with E-state index in [1.165, 1.54) is 36.4 Å². The van der Waals surface area contributed by atoms with Gasteiger partial charge in [-0.15, -0.1) is 0 Å². The summed E-state index contributed by atoms with van der Waals surface area (Å²) in [6.07, 6.45) is 0. The molecule has 2 aromatic rings. The lowest BCUT2D eigenvalue weighted by Crippen LogP contribution is -2.16. The number of hydrogen-bond acceptors (Lipinski definition) is 3. The van der Waals surface area contributed by atoms with Crippen molar-refractivity contribution in [2.45, 2.75) is 0 Å². The smallest absolute Gasteiger partial charge is 0.337 e. The number of amides is 1. The van der Waals surface area contributed by atoms with Crippen LogP contribution in [0.5, 0.6) is 0 Å². The van der Waals surface area contributed by atoms with Crippen LogP contribution in [0.1, 0.15) is 20.7 Å². The van der Waals surface area contributed by atoms with Gasteiger partial charge in [-0.05, 0) is 46.3 Å². The van der Waals surface area contributed by atoms with Crippen molar-refractivity contribution in [1.82, 2.24) is 0 Å². The Morgan fingerprint density at radius 1 is 1.19 bits per heavy atom. The van der Waals surface area contributed by atoms with Gasteiger partial charge in [-0.2, -0.15) is 0 Å². The van der Waals surface area contributed by atoms with Crippen LogP contribution in [0.2, 0.25) is 0 Å². The number of carboxylic acids is 1. The van der Waals surface area contributed by atoms with Gasteiger partial charge in [0.25, 0.3) is 5.91 Å². The maximum absolute atomic E-state index is 13.4. The number of halogens is 2. The van der Waals surface area contributed by atoms with E-state index >= 15 is 0 Å². The number of aromatic carboxylic acids is 1. The molecule has 0 saturated heterocycles. The molecule has 0 aliphatic heterocycles. The zero-order valence-electron chi connectivity index (χ0n) is 10.6. The number of nitrogens with one attached hydrogen (secondary N) is 1. The molecule has 0 aromatic heterocycles. The molecule has 0 atom stereocenters. The molecule has 1 amide bonds. The number of nitrogen functional groups attached to an aromatic ring is 1. The molecule has 7 heteroatoms. The quantitative estimate of drug-likeness (QED) is 0.740. The first-order chi connectivity index (χ1) is 9.90. The van der Waals surface area contributed by atoms with E-state index in [1.807, 2.05) is 0 Å². The lowest BCUT2D eigenvalue weighted by molar-refractivity contribution is 0.0698. The van der Waals surface area contributed by atoms with Crippen LogP contribution in [0.25, 0.3) is 0 Å². The third-order valence-corrected chi connectivity index (χ3v) is 3.52. The van der Waals surface area contributed by atoms with E-state index in [1.54, 1.807) is 0 Å². The highest BCUT2D eigenvalue weighted by molar-refractivity contribution is 9.10. The minimum atomic E-state index is -1.20. The van der Waals surface area contributed by atoms with Crippen LogP contribution in [0.15, 0.2) is 40.9 Å². The highest BCUT2D eigenvalue weighted by atomic mass is 79.9. The predicted octanol–water partition coefficient (Wildman–Crippen LogP) is 3.12. The van der Waals surface area contributed by atoms with Crippen molar-refractivity contribution < 1.29 is 19.1 Å². The number of carboxylic acid groups (broad SMARTS) is 1. The lowest BCUT2D eigenvalue weighted by atomic mass is 10.1. The molecular weight excluding hydrogens is 343 g/mol. The summed E-state index contributed by atoms with van der Waals surface area (Å²) in [7, 11) is 0. The third-order valence-electron chi connectivity index (χ3n) is 2.72. The second-order valence-corrected chi connectivity index (χ2v) is 4.96. The van der Waals surface area contributed by atoms with Gasteiger partial charge in [-0.3, -0.25) is 4.79 Å². The number of benzene rings is 2. The fourth-order valence-corrected chi connectivity index (χ4v) is 2.16. The Labute approximate surface area is 127 Å². The molecule has 0 fully saturated rings. The maximum Gasteiger partial charge on any atom is 0.337 e. The molecule has 5 nitrogen and oxygen atoms in total. The number of hydrogen-bond donors (Lipinski definition) is 3. The summed E-state index contributed by atoms with van der Waals surface area (Å²) < 4.78 is 13.4. The van der Waals surface area contributed by atoms with Crippen molar-refractivity contribution >= 4 is 39.2 Å². The zero-order valence-corrected chi connectivity index (χ0v) is 12.1. The predicted molar refractivity (Wildman–Crippen MR) is 79.9 cm³/mol. The molecule has 0 spiro atoms. The topological polar surface area (TPSA) is 92.4 Å². The largest absolute Gasteiger partial charge is 0.478 e. The molecular formula is C14H10BrFN2O3. The molecule has 0 bridgehead atoms. The third kappa shape index (κ3) is 3.19. The summed E-state index contributed by atoms with van der Waals surface area (Å²) in [5, 5.41) is 11.5. The van der Waals surface area contributed by atoms with Crippen molar-refractivity contribution in [2.75, 3.05) is 11.1 Å². The monoisotopic (exact) mass is 352 g/mol. The van der Waals surface area contributed by atoms with Crippen LogP contribution < -0.4 is 11.1 Å². The first-order valence-electron chi connectivity index (χ1n) is 5.78. The average molecular weight is 353 g/mol. The summed E-state index contributed by atoms with van der Waals surface area (Å²) in [6, 6.07) is 8.02. The molecule has 21 heavy (non-hydrogen) atoms. The standard InChI is InChI=1S/C14H10BrFN2O3/c15-12-9(2-1-3-10(12)16)13(19)18-11-6-7(17)4-5-8(11)14(20)21/h1-6H,17H2,(H,18,19)(H,20,21). The fourth-order valence-electron chi connectivity index (χ4n) is 1.72. The summed E-state index contributed by atoms with van der Waals surface area (Å²) in [6.45, 7) is 0. The second kappa shape index (κ2) is 5.92. The summed E-state index contributed by atoms with van der Waals surface area (Å²) in [5.41, 5.74) is 5.87. The van der Waals surface area contributed by atoms with Gasteiger partial charge >= 0.3 is 5.97 Å². The van der Waals surface area contributed by atoms with E-state index in [0.29, 0.717) is 5.69 Å². The van der Waals surface area contributed by atoms with E-state index in [0.717, 1.165) is 0 Å². The summed E-state index contributed by atoms with van der Waals surface area (Å²) in [5.74, 6) is -2.44. The van der Waals surface area contributed by atoms with Gasteiger partial charge in [0.1, 0.15) is 5.82 Å². The maximum atomic E-state index is 13.4. The van der Waals surface area contributed by atoms with Crippen LogP contribution in [0, 0.1) is 5.82 Å². The van der Waals surface area contributed by atoms with E-state index in [4.69, 9.17) is 10.8 Å². The van der Waals surface area contributed by atoms with Crippen LogP contribution >= 0.6 is 15.9 Å². The number of rotatable bonds is 3. The average Bonchev–Trinajstić information content (AvgIpc) is 2.41. The molecule has 0 aliphatic rings. The van der Waals surface area contributed by atoms with Crippen molar-refractivity contribution in [3.05, 3.63) is 57.8 Å². The molecule has 0 radical (unpaired) electrons. The summed E-state index contributed by atoms with van der Waals surface area (Å²) >= 11 is 2.98. The first-order valence-corrected chi connectivity index (χ1v) is 6.57. The van der Waals surface area contributed by atoms with Gasteiger partial charge in [0, 0.05) is 5.69 Å². The number of nitrogens with two attached hydrogens (primary N) is 1. The van der Waals surface area contributed by atoms with Gasteiger partial charge in [-0.25, -0.2) is 9.18 Å². The number of carbonyl (C=O) groups is 2. The van der Waals surface area contributed by atoms with Crippen LogP contribution in [0.3, 0.4) is 0 Å². The van der Waals surface area contributed by atoms with Gasteiger partial charge in [0.2, 0.25) is 0 Å². The minimum Gasteiger partial charge on any atom is -0.478 e. The van der Waals surface area contributed by atoms with Crippen LogP contribution in [-0.2, 0) is 0 Å². The van der Waals surface area contributed by atoms with Crippen LogP contribution in [-0.4, -0.2) is 17.0 Å². The number of carbonyl (C=O) groups excluding carboxylic acids is 1. The first kappa shape index (κ1) is 15.0. The number of anilines is 2. The van der Waals surface area contributed by atoms with Crippen molar-refractivity contribution in [1.29, 1.82) is 0 Å². The zero-order chi connectivity index (χ0) is 15.6. The molecule has 2 rings (SSSR count). The van der Waals surface area contributed by atoms with Crippen molar-refractivity contribution in [3.63, 3.8) is 0 Å². The molecule has 0 saturated carbocycles. The minimum absolute atomic E-state index is 0.00304. The van der Waals surface area contributed by atoms with Crippen LogP contribution in [0.4, 0.5) is 15.8 Å². The molecule has 0 unspecified atom stereocenters. The molecule has 0 aliphatic carbocycles. The Bertz CT molecular complexity index is 734. The van der Waals surface area contributed by atoms with Gasteiger partial charge in [0.15, 0.2) is 0 Å². The Balaban J connectivity index is 2.38. The lowest BCUT2D eigenvalue weighted by Gasteiger charge is -2.10. The van der Waals surface area contributed by atoms with Gasteiger partial charge < -0.3 is 16.2 Å². The molecule has 2 aromatic carbocycles. The van der Waals surface area contributed by atoms with Gasteiger partial charge in [-0.1, -0.05) is 6.07 Å². The van der Waals surface area contributed by atoms with Crippen molar-refractivity contribution in [2.24, 2.45) is 0 Å². The second-order valence-electron chi connectivity index (χ2n) is 4.17. The fraction of sp³-hybridized carbons (Fsp3) is 0. The van der Waals surface area contributed by atoms with E-state index < -0.39 is 17.7 Å². The highest BCUT2D eigenvalue weighted by Gasteiger charge is 2.17. The highest BCUT2D eigenvalue weighted by Crippen LogP contribution is 2.24. The Morgan fingerprint density at radius 2 is 1.90 bits per heavy atom. The van der Waals surface area contributed by atoms with Crippen molar-refractivity contribution in [3.8, 4) is 0 Å². The summed E-state index contributed by atoms with van der Waals surface area (Å²) in [4.78, 5) is 23.2. The molecule has 4 N–H and O–H groups in total. The van der Waals surface area contributed by atoms with E-state index in [-0.39, 0.29) is 21.3 Å². The normalized spacial score (nSPS) is 10.2. The van der Waals surface area contributed by atoms with E-state index in [2.05, 4.69) is 21.2 Å².